The second-order valence-electron chi connectivity index (χ2n) is 7.23. The Labute approximate surface area is 229 Å². The fraction of sp³-hybridized carbons (Fsp3) is 0. The van der Waals surface area contributed by atoms with Crippen LogP contribution >= 0.6 is 31.9 Å². The number of rotatable bonds is 3. The van der Waals surface area contributed by atoms with Crippen LogP contribution in [-0.4, -0.2) is 52.5 Å². The van der Waals surface area contributed by atoms with E-state index >= 15 is 0 Å². The van der Waals surface area contributed by atoms with Crippen molar-refractivity contribution < 1.29 is 13.0 Å². The first kappa shape index (κ1) is 24.5. The molecule has 0 aliphatic carbocycles. The van der Waals surface area contributed by atoms with E-state index in [1.807, 2.05) is 48.5 Å². The van der Waals surface area contributed by atoms with E-state index in [0.717, 1.165) is 25.8 Å². The molecule has 33 heavy (non-hydrogen) atoms. The normalized spacial score (nSPS) is 11.5. The molecular formula is C24H14Br2N2NaO3S. The maximum atomic E-state index is 11.9. The third kappa shape index (κ3) is 4.93. The van der Waals surface area contributed by atoms with Crippen LogP contribution in [0.2, 0.25) is 0 Å². The average Bonchev–Trinajstić information content (AvgIpc) is 2.77. The zero-order chi connectivity index (χ0) is 22.5. The Balaban J connectivity index is 0.00000259. The van der Waals surface area contributed by atoms with Gasteiger partial charge in [0.25, 0.3) is 10.1 Å². The van der Waals surface area contributed by atoms with Crippen LogP contribution in [0.1, 0.15) is 0 Å². The number of hydrogen-bond donors (Lipinski definition) is 1. The van der Waals surface area contributed by atoms with E-state index in [0.29, 0.717) is 27.5 Å². The molecule has 1 heterocycles. The molecule has 5 nitrogen and oxygen atoms in total. The maximum Gasteiger partial charge on any atom is 0.295 e. The van der Waals surface area contributed by atoms with Crippen LogP contribution < -0.4 is 0 Å². The molecule has 5 aromatic rings. The molecule has 159 valence electrons. The fourth-order valence-electron chi connectivity index (χ4n) is 3.64. The van der Waals surface area contributed by atoms with Crippen molar-refractivity contribution in [1.82, 2.24) is 9.97 Å². The number of hydrogen-bond acceptors (Lipinski definition) is 4. The predicted molar refractivity (Wildman–Crippen MR) is 139 cm³/mol. The van der Waals surface area contributed by atoms with Gasteiger partial charge in [0.2, 0.25) is 0 Å². The predicted octanol–water partition coefficient (Wildman–Crippen LogP) is 6.51. The minimum absolute atomic E-state index is 0. The number of benzene rings is 4. The van der Waals surface area contributed by atoms with Crippen molar-refractivity contribution in [1.29, 1.82) is 0 Å². The van der Waals surface area contributed by atoms with Gasteiger partial charge in [-0.2, -0.15) is 8.42 Å². The molecular weight excluding hydrogens is 579 g/mol. The van der Waals surface area contributed by atoms with E-state index in [4.69, 9.17) is 9.97 Å². The summed E-state index contributed by atoms with van der Waals surface area (Å²) in [6.07, 6.45) is 0. The summed E-state index contributed by atoms with van der Waals surface area (Å²) in [6, 6.07) is 23.8. The molecule has 0 atom stereocenters. The summed E-state index contributed by atoms with van der Waals surface area (Å²) < 4.78 is 35.3. The Morgan fingerprint density at radius 2 is 1.18 bits per heavy atom. The van der Waals surface area contributed by atoms with Gasteiger partial charge in [0, 0.05) is 55.0 Å². The molecule has 0 saturated carbocycles. The first-order valence-electron chi connectivity index (χ1n) is 9.53. The fourth-order valence-corrected chi connectivity index (χ4v) is 4.88. The van der Waals surface area contributed by atoms with E-state index in [2.05, 4.69) is 31.9 Å². The smallest absolute Gasteiger partial charge is 0.282 e. The van der Waals surface area contributed by atoms with Crippen molar-refractivity contribution in [2.45, 2.75) is 4.90 Å². The summed E-state index contributed by atoms with van der Waals surface area (Å²) in [5.41, 5.74) is 4.35. The Hall–Kier alpha value is -1.65. The second-order valence-corrected chi connectivity index (χ2v) is 10.4. The molecule has 0 aliphatic heterocycles. The average molecular weight is 593 g/mol. The Morgan fingerprint density at radius 1 is 0.697 bits per heavy atom. The van der Waals surface area contributed by atoms with Gasteiger partial charge in [0.05, 0.1) is 22.4 Å². The van der Waals surface area contributed by atoms with Crippen LogP contribution in [0.15, 0.2) is 92.7 Å². The molecule has 4 aromatic carbocycles. The van der Waals surface area contributed by atoms with Gasteiger partial charge >= 0.3 is 0 Å². The van der Waals surface area contributed by atoms with Gasteiger partial charge in [0.15, 0.2) is 0 Å². The zero-order valence-corrected chi connectivity index (χ0v) is 23.3. The molecule has 0 unspecified atom stereocenters. The minimum atomic E-state index is -4.38. The van der Waals surface area contributed by atoms with Crippen LogP contribution in [-0.2, 0) is 10.1 Å². The summed E-state index contributed by atoms with van der Waals surface area (Å²) in [5.74, 6) is 0. The van der Waals surface area contributed by atoms with Gasteiger partial charge < -0.3 is 0 Å². The van der Waals surface area contributed by atoms with Gasteiger partial charge in [-0.1, -0.05) is 68.3 Å². The molecule has 9 heteroatoms. The summed E-state index contributed by atoms with van der Waals surface area (Å²) in [4.78, 5) is 9.64. The number of nitrogens with zero attached hydrogens (tertiary/aromatic N) is 2. The van der Waals surface area contributed by atoms with Crippen molar-refractivity contribution >= 4 is 93.3 Å². The van der Waals surface area contributed by atoms with E-state index in [9.17, 15) is 13.0 Å². The number of fused-ring (bicyclic) bond motifs is 2. The standard InChI is InChI=1S/C24H14Br2N2O3S.Na/c25-17-8-4-14(5-9-17)23-24(15-6-10-18(26)11-7-15)28-21-13-19-16(12-20(21)27-23)2-1-3-22(19)32(29,30)31;/h1-13H,(H,29,30,31);. The van der Waals surface area contributed by atoms with Crippen LogP contribution in [0.4, 0.5) is 0 Å². The van der Waals surface area contributed by atoms with Crippen molar-refractivity contribution in [2.24, 2.45) is 0 Å². The summed E-state index contributed by atoms with van der Waals surface area (Å²) in [5, 5.41) is 1.05. The first-order valence-corrected chi connectivity index (χ1v) is 12.6. The molecule has 0 saturated heterocycles. The molecule has 0 aliphatic rings. The van der Waals surface area contributed by atoms with Crippen LogP contribution in [0.3, 0.4) is 0 Å². The van der Waals surface area contributed by atoms with Crippen LogP contribution in [0, 0.1) is 0 Å². The molecule has 0 fully saturated rings. The van der Waals surface area contributed by atoms with Crippen LogP contribution in [0.25, 0.3) is 44.3 Å². The van der Waals surface area contributed by atoms with Gasteiger partial charge in [-0.25, -0.2) is 9.97 Å². The summed E-state index contributed by atoms with van der Waals surface area (Å²) >= 11 is 6.93. The largest absolute Gasteiger partial charge is 0.295 e. The van der Waals surface area contributed by atoms with Crippen molar-refractivity contribution in [3.8, 4) is 22.5 Å². The van der Waals surface area contributed by atoms with Crippen molar-refractivity contribution in [3.05, 3.63) is 87.8 Å². The molecule has 0 amide bonds. The quantitative estimate of drug-likeness (QED) is 0.147. The Bertz CT molecular complexity index is 1610. The molecule has 1 N–H and O–H groups in total. The third-order valence-corrected chi connectivity index (χ3v) is 7.11. The second kappa shape index (κ2) is 9.54. The molecule has 0 bridgehead atoms. The summed E-state index contributed by atoms with van der Waals surface area (Å²) in [7, 11) is -4.38. The zero-order valence-electron chi connectivity index (χ0n) is 17.3. The van der Waals surface area contributed by atoms with Gasteiger partial charge in [-0.15, -0.1) is 0 Å². The van der Waals surface area contributed by atoms with Crippen molar-refractivity contribution in [2.75, 3.05) is 0 Å². The van der Waals surface area contributed by atoms with Gasteiger partial charge in [0.1, 0.15) is 4.90 Å². The minimum Gasteiger partial charge on any atom is -0.282 e. The molecule has 1 aromatic heterocycles. The van der Waals surface area contributed by atoms with E-state index in [1.54, 1.807) is 24.3 Å². The van der Waals surface area contributed by atoms with E-state index in [1.165, 1.54) is 6.07 Å². The number of aromatic nitrogens is 2. The van der Waals surface area contributed by atoms with Gasteiger partial charge in [-0.3, -0.25) is 4.55 Å². The summed E-state index contributed by atoms with van der Waals surface area (Å²) in [6.45, 7) is 0. The molecule has 5 rings (SSSR count). The van der Waals surface area contributed by atoms with Gasteiger partial charge in [-0.05, 0) is 47.9 Å². The molecule has 0 spiro atoms. The van der Waals surface area contributed by atoms with E-state index in [-0.39, 0.29) is 34.5 Å². The topological polar surface area (TPSA) is 80.2 Å². The van der Waals surface area contributed by atoms with Crippen LogP contribution in [0.5, 0.6) is 0 Å². The first-order chi connectivity index (χ1) is 15.3. The van der Waals surface area contributed by atoms with E-state index < -0.39 is 10.1 Å². The Morgan fingerprint density at radius 3 is 1.67 bits per heavy atom. The third-order valence-electron chi connectivity index (χ3n) is 5.14. The monoisotopic (exact) mass is 591 g/mol. The van der Waals surface area contributed by atoms with Crippen molar-refractivity contribution in [3.63, 3.8) is 0 Å². The maximum absolute atomic E-state index is 11.9. The Kier molecular flexibility index (Phi) is 7.08. The molecule has 1 radical (unpaired) electrons. The number of halogens is 2. The SMILES string of the molecule is O=S(=O)(O)c1cccc2cc3nc(-c4ccc(Br)cc4)c(-c4ccc(Br)cc4)nc3cc12.[Na].